The van der Waals surface area contributed by atoms with E-state index in [9.17, 15) is 28.0 Å². The minimum Gasteiger partial charge on any atom is -0.461 e. The molecular weight excluding hydrogens is 824 g/mol. The number of hydrogen-bond acceptors (Lipinski definition) is 14. The number of ether oxygens (including phenoxy) is 6. The smallest absolute Gasteiger partial charge is 0.461 e. The van der Waals surface area contributed by atoms with Crippen LogP contribution in [0.3, 0.4) is 0 Å². The predicted molar refractivity (Wildman–Crippen MR) is 212 cm³/mol. The lowest BCUT2D eigenvalue weighted by atomic mass is 9.89. The van der Waals surface area contributed by atoms with Crippen molar-refractivity contribution in [1.82, 2.24) is 19.7 Å². The van der Waals surface area contributed by atoms with E-state index in [2.05, 4.69) is 16.7 Å². The van der Waals surface area contributed by atoms with Gasteiger partial charge in [-0.05, 0) is 50.1 Å². The van der Waals surface area contributed by atoms with Crippen molar-refractivity contribution in [2.75, 3.05) is 39.7 Å². The first-order valence-corrected chi connectivity index (χ1v) is 20.1. The van der Waals surface area contributed by atoms with Crippen LogP contribution >= 0.6 is 11.8 Å². The number of likely N-dealkylation sites (tertiary alicyclic amines) is 1. The second-order valence-electron chi connectivity index (χ2n) is 13.8. The largest absolute Gasteiger partial charge is 0.512 e. The molecule has 0 spiro atoms. The van der Waals surface area contributed by atoms with Gasteiger partial charge in [0.2, 0.25) is 12.7 Å². The average molecular weight is 868 g/mol. The first-order valence-electron chi connectivity index (χ1n) is 19.2. The fraction of sp³-hybridized carbons (Fsp3) is 0.405. The molecule has 0 radical (unpaired) electrons. The number of halogens is 3. The summed E-state index contributed by atoms with van der Waals surface area (Å²) in [5.41, 5.74) is -1.64. The number of carbonyl (C=O) groups is 4. The normalized spacial score (nSPS) is 18.5. The summed E-state index contributed by atoms with van der Waals surface area (Å²) in [6.45, 7) is 5.02. The van der Waals surface area contributed by atoms with Crippen LogP contribution in [0.25, 0.3) is 6.08 Å². The molecule has 19 heteroatoms. The zero-order valence-corrected chi connectivity index (χ0v) is 34.0. The van der Waals surface area contributed by atoms with Crippen LogP contribution in [0, 0.1) is 34.7 Å². The highest BCUT2D eigenvalue weighted by molar-refractivity contribution is 8.00. The number of amides is 1. The first kappa shape index (κ1) is 46.1. The summed E-state index contributed by atoms with van der Waals surface area (Å²) in [6, 6.07) is 8.82. The fourth-order valence-electron chi connectivity index (χ4n) is 6.51. The number of hydrogen-bond donors (Lipinski definition) is 0. The third kappa shape index (κ3) is 13.3. The molecule has 2 aromatic carbocycles. The maximum absolute atomic E-state index is 15.7. The van der Waals surface area contributed by atoms with Gasteiger partial charge in [0.05, 0.1) is 49.0 Å². The number of rotatable bonds is 18. The van der Waals surface area contributed by atoms with Crippen LogP contribution in [-0.2, 0) is 55.0 Å². The molecule has 2 fully saturated rings. The van der Waals surface area contributed by atoms with E-state index in [1.807, 2.05) is 6.07 Å². The Bertz CT molecular complexity index is 2100. The lowest BCUT2D eigenvalue weighted by Gasteiger charge is -2.40. The molecule has 2 saturated heterocycles. The molecule has 2 aliphatic heterocycles. The number of aromatic nitrogens is 3. The van der Waals surface area contributed by atoms with Gasteiger partial charge in [-0.25, -0.2) is 27.6 Å². The molecule has 3 aromatic rings. The SMILES string of the molecule is C=CCOC(=O)C1CCN(C(=O)CCC(=O)OCOC(=O)O[C@@](Cn2cncn2)(c2ccc(F)cc2F)[C@@H](C)SC2COC(/C=C/C=C/c3ccc(C#N)cc3F)OC2)CC1. The van der Waals surface area contributed by atoms with Crippen molar-refractivity contribution in [2.24, 2.45) is 5.92 Å². The zero-order valence-electron chi connectivity index (χ0n) is 33.2. The number of nitrogens with zero attached hydrogens (tertiary/aromatic N) is 5. The Morgan fingerprint density at radius 2 is 1.80 bits per heavy atom. The first-order chi connectivity index (χ1) is 29.4. The number of piperidine rings is 1. The molecule has 1 amide bonds. The van der Waals surface area contributed by atoms with E-state index in [0.717, 1.165) is 18.2 Å². The Morgan fingerprint density at radius 1 is 1.03 bits per heavy atom. The molecule has 0 saturated carbocycles. The van der Waals surface area contributed by atoms with Crippen molar-refractivity contribution in [1.29, 1.82) is 5.26 Å². The van der Waals surface area contributed by atoms with Crippen LogP contribution in [-0.4, -0.2) is 100 Å². The number of thioether (sulfide) groups is 1. The van der Waals surface area contributed by atoms with E-state index in [-0.39, 0.29) is 78.9 Å². The van der Waals surface area contributed by atoms with Gasteiger partial charge in [-0.2, -0.15) is 10.4 Å². The molecule has 2 atom stereocenters. The monoisotopic (exact) mass is 867 g/mol. The van der Waals surface area contributed by atoms with Gasteiger partial charge in [0.1, 0.15) is 36.7 Å². The van der Waals surface area contributed by atoms with E-state index >= 15 is 4.39 Å². The standard InChI is InChI=1S/C42H44F3N5O10S/c1-3-18-55-40(53)31-14-16-49(17-15-31)37(51)12-13-38(52)58-27-59-41(54)60-42(24-50-26-47-25-48-50,34-11-10-32(43)20-36(34)45)28(2)61-33-22-56-39(57-23-33)7-5-4-6-30-9-8-29(21-46)19-35(30)44/h3-11,19-20,25-26,28,31,33,39H,1,12-18,22-24,27H2,2H3/b6-4+,7-5+/t28-,33?,39?,42-/m1/s1. The van der Waals surface area contributed by atoms with Gasteiger partial charge in [0.25, 0.3) is 0 Å². The summed E-state index contributed by atoms with van der Waals surface area (Å²) in [4.78, 5) is 56.2. The predicted octanol–water partition coefficient (Wildman–Crippen LogP) is 6.00. The lowest BCUT2D eigenvalue weighted by Crippen LogP contribution is -2.47. The van der Waals surface area contributed by atoms with Crippen LogP contribution in [0.15, 0.2) is 79.9 Å². The maximum Gasteiger partial charge on any atom is 0.512 e. The summed E-state index contributed by atoms with van der Waals surface area (Å²) in [5, 5.41) is 11.8. The number of allylic oxidation sites excluding steroid dienone is 2. The lowest BCUT2D eigenvalue weighted by molar-refractivity contribution is -0.157. The van der Waals surface area contributed by atoms with E-state index in [0.29, 0.717) is 32.0 Å². The van der Waals surface area contributed by atoms with Gasteiger partial charge in [-0.15, -0.1) is 11.8 Å². The minimum absolute atomic E-state index is 0.110. The summed E-state index contributed by atoms with van der Waals surface area (Å²) in [7, 11) is 0. The molecule has 3 heterocycles. The molecule has 0 bridgehead atoms. The van der Waals surface area contributed by atoms with Crippen molar-refractivity contribution in [3.63, 3.8) is 0 Å². The van der Waals surface area contributed by atoms with E-state index in [4.69, 9.17) is 33.7 Å². The molecule has 2 aliphatic rings. The number of nitriles is 1. The number of carbonyl (C=O) groups excluding carboxylic acids is 4. The van der Waals surface area contributed by atoms with Crippen molar-refractivity contribution >= 4 is 41.8 Å². The number of esters is 2. The Hall–Kier alpha value is -5.97. The van der Waals surface area contributed by atoms with Gasteiger partial charge in [0, 0.05) is 42.0 Å². The van der Waals surface area contributed by atoms with E-state index in [1.165, 1.54) is 53.4 Å². The zero-order chi connectivity index (χ0) is 43.8. The highest BCUT2D eigenvalue weighted by Gasteiger charge is 2.47. The van der Waals surface area contributed by atoms with Crippen LogP contribution in [0.5, 0.6) is 0 Å². The van der Waals surface area contributed by atoms with Gasteiger partial charge < -0.3 is 33.3 Å². The topological polar surface area (TPSA) is 181 Å². The molecule has 0 aliphatic carbocycles. The van der Waals surface area contributed by atoms with Crippen molar-refractivity contribution < 1.29 is 60.8 Å². The van der Waals surface area contributed by atoms with Crippen LogP contribution in [0.1, 0.15) is 49.3 Å². The van der Waals surface area contributed by atoms with Crippen molar-refractivity contribution in [3.05, 3.63) is 114 Å². The molecule has 0 N–H and O–H groups in total. The third-order valence-corrected chi connectivity index (χ3v) is 11.2. The van der Waals surface area contributed by atoms with E-state index in [1.54, 1.807) is 30.1 Å². The molecule has 0 unspecified atom stereocenters. The highest BCUT2D eigenvalue weighted by atomic mass is 32.2. The van der Waals surface area contributed by atoms with Gasteiger partial charge in [-0.3, -0.25) is 14.4 Å². The minimum atomic E-state index is -1.93. The average Bonchev–Trinajstić information content (AvgIpc) is 3.77. The van der Waals surface area contributed by atoms with Gasteiger partial charge in [0.15, 0.2) is 11.9 Å². The number of benzene rings is 2. The molecule has 15 nitrogen and oxygen atoms in total. The van der Waals surface area contributed by atoms with Crippen LogP contribution in [0.4, 0.5) is 18.0 Å². The van der Waals surface area contributed by atoms with Crippen molar-refractivity contribution in [3.8, 4) is 6.07 Å². The molecular formula is C42H44F3N5O10S. The maximum atomic E-state index is 15.7. The quantitative estimate of drug-likeness (QED) is 0.0478. The van der Waals surface area contributed by atoms with Gasteiger partial charge in [-0.1, -0.05) is 36.9 Å². The van der Waals surface area contributed by atoms with Crippen LogP contribution in [0.2, 0.25) is 0 Å². The Labute approximate surface area is 354 Å². The molecule has 1 aromatic heterocycles. The Balaban J connectivity index is 1.17. The third-order valence-electron chi connectivity index (χ3n) is 9.71. The Morgan fingerprint density at radius 3 is 2.48 bits per heavy atom. The fourth-order valence-corrected chi connectivity index (χ4v) is 7.87. The highest BCUT2D eigenvalue weighted by Crippen LogP contribution is 2.42. The molecule has 61 heavy (non-hydrogen) atoms. The van der Waals surface area contributed by atoms with Crippen LogP contribution < -0.4 is 0 Å². The Kier molecular flexibility index (Phi) is 17.1. The summed E-state index contributed by atoms with van der Waals surface area (Å²) >= 11 is 1.23. The summed E-state index contributed by atoms with van der Waals surface area (Å²) < 4.78 is 78.3. The van der Waals surface area contributed by atoms with Gasteiger partial charge >= 0.3 is 18.1 Å². The molecule has 324 valence electrons. The van der Waals surface area contributed by atoms with Crippen molar-refractivity contribution in [2.45, 2.75) is 61.5 Å². The van der Waals surface area contributed by atoms with E-state index < -0.39 is 53.5 Å². The summed E-state index contributed by atoms with van der Waals surface area (Å²) in [6.07, 6.45) is 8.61. The summed E-state index contributed by atoms with van der Waals surface area (Å²) in [5.74, 6) is -4.27. The second-order valence-corrected chi connectivity index (χ2v) is 15.5. The second kappa shape index (κ2) is 22.6. The molecule has 5 rings (SSSR count).